The molecular formula is C10H8ClN3. The van der Waals surface area contributed by atoms with Crippen LogP contribution in [0.2, 0.25) is 5.02 Å². The van der Waals surface area contributed by atoms with Crippen LogP contribution >= 0.6 is 11.6 Å². The first kappa shape index (κ1) is 9.04. The molecule has 0 atom stereocenters. The number of benzene rings is 1. The fourth-order valence-corrected chi connectivity index (χ4v) is 1.62. The van der Waals surface area contributed by atoms with Gasteiger partial charge in [-0.3, -0.25) is 4.68 Å². The van der Waals surface area contributed by atoms with Gasteiger partial charge in [-0.2, -0.15) is 10.4 Å². The number of rotatable bonds is 1. The highest BCUT2D eigenvalue weighted by Gasteiger charge is 2.09. The molecular weight excluding hydrogens is 198 g/mol. The number of halogens is 1. The van der Waals surface area contributed by atoms with E-state index in [1.54, 1.807) is 16.8 Å². The lowest BCUT2D eigenvalue weighted by Crippen LogP contribution is -1.98. The van der Waals surface area contributed by atoms with Crippen molar-refractivity contribution in [1.82, 2.24) is 9.78 Å². The van der Waals surface area contributed by atoms with Gasteiger partial charge >= 0.3 is 0 Å². The molecule has 3 nitrogen and oxygen atoms in total. The Morgan fingerprint density at radius 2 is 2.36 bits per heavy atom. The summed E-state index contributed by atoms with van der Waals surface area (Å²) < 4.78 is 1.68. The normalized spacial score (nSPS) is 10.4. The minimum atomic E-state index is 0.574. The van der Waals surface area contributed by atoms with Gasteiger partial charge in [0.25, 0.3) is 0 Å². The molecule has 0 N–H and O–H groups in total. The van der Waals surface area contributed by atoms with Gasteiger partial charge in [-0.15, -0.1) is 0 Å². The predicted molar refractivity (Wildman–Crippen MR) is 55.1 cm³/mol. The third kappa shape index (κ3) is 1.24. The monoisotopic (exact) mass is 205 g/mol. The van der Waals surface area contributed by atoms with Crippen molar-refractivity contribution in [2.75, 3.05) is 0 Å². The first-order valence-electron chi connectivity index (χ1n) is 4.32. The number of nitriles is 1. The van der Waals surface area contributed by atoms with E-state index in [1.807, 2.05) is 13.0 Å². The SMILES string of the molecule is CCn1nc2ccc(Cl)cc2c1C#N. The molecule has 1 aromatic carbocycles. The fourth-order valence-electron chi connectivity index (χ4n) is 1.45. The van der Waals surface area contributed by atoms with Gasteiger partial charge in [0.1, 0.15) is 11.8 Å². The molecule has 0 aliphatic heterocycles. The highest BCUT2D eigenvalue weighted by atomic mass is 35.5. The molecule has 0 aliphatic carbocycles. The molecule has 0 bridgehead atoms. The van der Waals surface area contributed by atoms with E-state index in [4.69, 9.17) is 16.9 Å². The third-order valence-corrected chi connectivity index (χ3v) is 2.34. The lowest BCUT2D eigenvalue weighted by Gasteiger charge is -1.94. The summed E-state index contributed by atoms with van der Waals surface area (Å²) in [6.45, 7) is 2.64. The number of aromatic nitrogens is 2. The van der Waals surface area contributed by atoms with Crippen molar-refractivity contribution in [3.05, 3.63) is 28.9 Å². The van der Waals surface area contributed by atoms with E-state index >= 15 is 0 Å². The number of hydrogen-bond donors (Lipinski definition) is 0. The Bertz CT molecular complexity index is 522. The smallest absolute Gasteiger partial charge is 0.146 e. The molecule has 1 heterocycles. The van der Waals surface area contributed by atoms with Gasteiger partial charge < -0.3 is 0 Å². The van der Waals surface area contributed by atoms with Crippen molar-refractivity contribution in [3.8, 4) is 6.07 Å². The van der Waals surface area contributed by atoms with Crippen molar-refractivity contribution in [3.63, 3.8) is 0 Å². The maximum atomic E-state index is 8.97. The van der Waals surface area contributed by atoms with Crippen LogP contribution in [0.3, 0.4) is 0 Å². The fraction of sp³-hybridized carbons (Fsp3) is 0.200. The second kappa shape index (κ2) is 3.32. The predicted octanol–water partition coefficient (Wildman–Crippen LogP) is 2.58. The first-order valence-corrected chi connectivity index (χ1v) is 4.70. The maximum Gasteiger partial charge on any atom is 0.146 e. The molecule has 0 saturated heterocycles. The average molecular weight is 206 g/mol. The Morgan fingerprint density at radius 3 is 3.00 bits per heavy atom. The van der Waals surface area contributed by atoms with Gasteiger partial charge in [0.05, 0.1) is 5.52 Å². The molecule has 0 aliphatic rings. The number of nitrogens with zero attached hydrogens (tertiary/aromatic N) is 3. The van der Waals surface area contributed by atoms with E-state index in [2.05, 4.69) is 11.2 Å². The van der Waals surface area contributed by atoms with Crippen LogP contribution in [0.1, 0.15) is 12.6 Å². The summed E-state index contributed by atoms with van der Waals surface area (Å²) >= 11 is 5.85. The molecule has 0 fully saturated rings. The van der Waals surface area contributed by atoms with Gasteiger partial charge in [-0.1, -0.05) is 11.6 Å². The quantitative estimate of drug-likeness (QED) is 0.718. The zero-order valence-corrected chi connectivity index (χ0v) is 8.41. The Balaban J connectivity index is 2.83. The summed E-state index contributed by atoms with van der Waals surface area (Å²) in [5.41, 5.74) is 1.39. The second-order valence-electron chi connectivity index (χ2n) is 2.94. The van der Waals surface area contributed by atoms with Crippen LogP contribution in [-0.2, 0) is 6.54 Å². The van der Waals surface area contributed by atoms with Gasteiger partial charge in [0.15, 0.2) is 0 Å². The van der Waals surface area contributed by atoms with E-state index in [-0.39, 0.29) is 0 Å². The van der Waals surface area contributed by atoms with E-state index in [9.17, 15) is 0 Å². The topological polar surface area (TPSA) is 41.6 Å². The van der Waals surface area contributed by atoms with Crippen molar-refractivity contribution in [2.45, 2.75) is 13.5 Å². The summed E-state index contributed by atoms with van der Waals surface area (Å²) in [6.07, 6.45) is 0. The second-order valence-corrected chi connectivity index (χ2v) is 3.37. The molecule has 0 amide bonds. The van der Waals surface area contributed by atoms with Crippen molar-refractivity contribution < 1.29 is 0 Å². The lowest BCUT2D eigenvalue weighted by atomic mass is 10.2. The molecule has 2 rings (SSSR count). The summed E-state index contributed by atoms with van der Waals surface area (Å²) in [7, 11) is 0. The largest absolute Gasteiger partial charge is 0.254 e. The van der Waals surface area contributed by atoms with Crippen molar-refractivity contribution in [2.24, 2.45) is 0 Å². The minimum Gasteiger partial charge on any atom is -0.254 e. The summed E-state index contributed by atoms with van der Waals surface area (Å²) in [5, 5.41) is 14.7. The van der Waals surface area contributed by atoms with Crippen LogP contribution in [0, 0.1) is 11.3 Å². The molecule has 14 heavy (non-hydrogen) atoms. The van der Waals surface area contributed by atoms with Crippen molar-refractivity contribution >= 4 is 22.5 Å². The van der Waals surface area contributed by atoms with Crippen LogP contribution in [0.4, 0.5) is 0 Å². The van der Waals surface area contributed by atoms with Crippen LogP contribution in [0.15, 0.2) is 18.2 Å². The maximum absolute atomic E-state index is 8.97. The Kier molecular flexibility index (Phi) is 2.14. The van der Waals surface area contributed by atoms with E-state index in [0.29, 0.717) is 17.3 Å². The first-order chi connectivity index (χ1) is 6.76. The Morgan fingerprint density at radius 1 is 1.57 bits per heavy atom. The number of fused-ring (bicyclic) bond motifs is 1. The van der Waals surface area contributed by atoms with E-state index in [0.717, 1.165) is 10.9 Å². The van der Waals surface area contributed by atoms with Gasteiger partial charge in [0.2, 0.25) is 0 Å². The van der Waals surface area contributed by atoms with Crippen molar-refractivity contribution in [1.29, 1.82) is 5.26 Å². The van der Waals surface area contributed by atoms with Gasteiger partial charge in [0, 0.05) is 17.0 Å². The third-order valence-electron chi connectivity index (χ3n) is 2.11. The molecule has 4 heteroatoms. The van der Waals surface area contributed by atoms with Crippen LogP contribution < -0.4 is 0 Å². The summed E-state index contributed by atoms with van der Waals surface area (Å²) in [6, 6.07) is 7.51. The Labute approximate surface area is 86.5 Å². The van der Waals surface area contributed by atoms with E-state index in [1.165, 1.54) is 0 Å². The average Bonchev–Trinajstić information content (AvgIpc) is 2.54. The molecule has 0 unspecified atom stereocenters. The van der Waals surface area contributed by atoms with Gasteiger partial charge in [-0.25, -0.2) is 0 Å². The van der Waals surface area contributed by atoms with Crippen LogP contribution in [-0.4, -0.2) is 9.78 Å². The number of hydrogen-bond acceptors (Lipinski definition) is 2. The van der Waals surface area contributed by atoms with E-state index < -0.39 is 0 Å². The molecule has 2 aromatic rings. The highest BCUT2D eigenvalue weighted by Crippen LogP contribution is 2.21. The molecule has 0 radical (unpaired) electrons. The Hall–Kier alpha value is -1.53. The molecule has 70 valence electrons. The minimum absolute atomic E-state index is 0.574. The zero-order chi connectivity index (χ0) is 10.1. The molecule has 1 aromatic heterocycles. The van der Waals surface area contributed by atoms with Gasteiger partial charge in [-0.05, 0) is 25.1 Å². The van der Waals surface area contributed by atoms with Crippen LogP contribution in [0.5, 0.6) is 0 Å². The number of aryl methyl sites for hydroxylation is 1. The van der Waals surface area contributed by atoms with Crippen LogP contribution in [0.25, 0.3) is 10.9 Å². The standard InChI is InChI=1S/C10H8ClN3/c1-2-14-10(6-12)8-5-7(11)3-4-9(8)13-14/h3-5H,2H2,1H3. The molecule has 0 spiro atoms. The lowest BCUT2D eigenvalue weighted by molar-refractivity contribution is 0.659. The summed E-state index contributed by atoms with van der Waals surface area (Å²) in [4.78, 5) is 0. The highest BCUT2D eigenvalue weighted by molar-refractivity contribution is 6.31. The summed E-state index contributed by atoms with van der Waals surface area (Å²) in [5.74, 6) is 0. The zero-order valence-electron chi connectivity index (χ0n) is 7.66. The molecule has 0 saturated carbocycles.